The summed E-state index contributed by atoms with van der Waals surface area (Å²) in [5.41, 5.74) is 2.37. The predicted molar refractivity (Wildman–Crippen MR) is 89.3 cm³/mol. The Labute approximate surface area is 127 Å². The van der Waals surface area contributed by atoms with E-state index in [2.05, 4.69) is 35.3 Å². The van der Waals surface area contributed by atoms with Crippen LogP contribution in [0.5, 0.6) is 11.5 Å². The molecule has 0 aliphatic rings. The molecule has 1 N–H and O–H groups in total. The van der Waals surface area contributed by atoms with Crippen molar-refractivity contribution in [2.24, 2.45) is 0 Å². The van der Waals surface area contributed by atoms with Crippen molar-refractivity contribution in [3.05, 3.63) is 54.1 Å². The van der Waals surface area contributed by atoms with Crippen LogP contribution in [0.4, 0.5) is 5.69 Å². The molecule has 0 heterocycles. The second kappa shape index (κ2) is 7.70. The summed E-state index contributed by atoms with van der Waals surface area (Å²) >= 11 is 0. The lowest BCUT2D eigenvalue weighted by Gasteiger charge is -2.14. The molecule has 112 valence electrons. The molecular formula is C18H24N2O. The molecule has 0 atom stereocenters. The van der Waals surface area contributed by atoms with E-state index in [4.69, 9.17) is 4.74 Å². The fraction of sp³-hybridized carbons (Fsp3) is 0.333. The molecule has 0 radical (unpaired) electrons. The molecule has 21 heavy (non-hydrogen) atoms. The zero-order valence-electron chi connectivity index (χ0n) is 13.1. The highest BCUT2D eigenvalue weighted by atomic mass is 16.5. The molecule has 2 aromatic carbocycles. The minimum absolute atomic E-state index is 0.861. The maximum Gasteiger partial charge on any atom is 0.129 e. The zero-order valence-corrected chi connectivity index (χ0v) is 13.1. The fourth-order valence-electron chi connectivity index (χ4n) is 2.09. The van der Waals surface area contributed by atoms with E-state index < -0.39 is 0 Å². The first-order chi connectivity index (χ1) is 10.2. The van der Waals surface area contributed by atoms with Gasteiger partial charge >= 0.3 is 0 Å². The molecule has 0 spiro atoms. The highest BCUT2D eigenvalue weighted by Gasteiger charge is 2.01. The highest BCUT2D eigenvalue weighted by molar-refractivity contribution is 5.50. The van der Waals surface area contributed by atoms with Gasteiger partial charge in [-0.15, -0.1) is 0 Å². The van der Waals surface area contributed by atoms with Gasteiger partial charge in [0.05, 0.1) is 0 Å². The molecule has 0 saturated carbocycles. The zero-order chi connectivity index (χ0) is 15.1. The molecule has 0 aliphatic heterocycles. The standard InChI is InChI=1S/C18H24N2O/c1-4-11-19-14-15-7-5-9-17(12-15)21-18-10-6-8-16(13-18)20(2)3/h5-10,12-13,19H,4,11,14H2,1-3H3. The number of rotatable bonds is 7. The molecular weight excluding hydrogens is 260 g/mol. The minimum Gasteiger partial charge on any atom is -0.457 e. The predicted octanol–water partition coefficient (Wildman–Crippen LogP) is 4.04. The van der Waals surface area contributed by atoms with Gasteiger partial charge in [-0.3, -0.25) is 0 Å². The summed E-state index contributed by atoms with van der Waals surface area (Å²) in [6, 6.07) is 16.3. The second-order valence-electron chi connectivity index (χ2n) is 5.32. The van der Waals surface area contributed by atoms with Crippen LogP contribution < -0.4 is 15.0 Å². The Kier molecular flexibility index (Phi) is 5.64. The molecule has 3 nitrogen and oxygen atoms in total. The summed E-state index contributed by atoms with van der Waals surface area (Å²) in [6.07, 6.45) is 1.15. The van der Waals surface area contributed by atoms with E-state index in [9.17, 15) is 0 Å². The van der Waals surface area contributed by atoms with Crippen molar-refractivity contribution >= 4 is 5.69 Å². The van der Waals surface area contributed by atoms with Crippen LogP contribution in [0.2, 0.25) is 0 Å². The van der Waals surface area contributed by atoms with E-state index in [1.54, 1.807) is 0 Å². The summed E-state index contributed by atoms with van der Waals surface area (Å²) in [5.74, 6) is 1.74. The van der Waals surface area contributed by atoms with E-state index in [0.29, 0.717) is 0 Å². The highest BCUT2D eigenvalue weighted by Crippen LogP contribution is 2.25. The third-order valence-corrected chi connectivity index (χ3v) is 3.22. The van der Waals surface area contributed by atoms with E-state index in [1.165, 1.54) is 5.56 Å². The summed E-state index contributed by atoms with van der Waals surface area (Å²) in [5, 5.41) is 3.40. The first-order valence-corrected chi connectivity index (χ1v) is 7.44. The number of hydrogen-bond donors (Lipinski definition) is 1. The van der Waals surface area contributed by atoms with E-state index in [0.717, 1.165) is 36.7 Å². The quantitative estimate of drug-likeness (QED) is 0.776. The molecule has 0 aliphatic carbocycles. The van der Waals surface area contributed by atoms with Crippen LogP contribution in [0.15, 0.2) is 48.5 Å². The van der Waals surface area contributed by atoms with Gasteiger partial charge in [0.2, 0.25) is 0 Å². The molecule has 0 saturated heterocycles. The van der Waals surface area contributed by atoms with Gasteiger partial charge < -0.3 is 15.0 Å². The molecule has 0 fully saturated rings. The average Bonchev–Trinajstić information content (AvgIpc) is 2.48. The van der Waals surface area contributed by atoms with E-state index >= 15 is 0 Å². The number of hydrogen-bond acceptors (Lipinski definition) is 3. The summed E-state index contributed by atoms with van der Waals surface area (Å²) in [7, 11) is 4.05. The van der Waals surface area contributed by atoms with Gasteiger partial charge in [0.1, 0.15) is 11.5 Å². The smallest absolute Gasteiger partial charge is 0.129 e. The van der Waals surface area contributed by atoms with Gasteiger partial charge in [-0.25, -0.2) is 0 Å². The summed E-state index contributed by atoms with van der Waals surface area (Å²) in [6.45, 7) is 4.09. The first kappa shape index (κ1) is 15.4. The number of ether oxygens (including phenoxy) is 1. The summed E-state index contributed by atoms with van der Waals surface area (Å²) in [4.78, 5) is 2.07. The van der Waals surface area contributed by atoms with Crippen molar-refractivity contribution in [3.63, 3.8) is 0 Å². The maximum absolute atomic E-state index is 5.96. The maximum atomic E-state index is 5.96. The minimum atomic E-state index is 0.861. The third-order valence-electron chi connectivity index (χ3n) is 3.22. The number of anilines is 1. The van der Waals surface area contributed by atoms with Crippen molar-refractivity contribution in [1.29, 1.82) is 0 Å². The number of nitrogens with zero attached hydrogens (tertiary/aromatic N) is 1. The second-order valence-corrected chi connectivity index (χ2v) is 5.32. The van der Waals surface area contributed by atoms with Crippen molar-refractivity contribution < 1.29 is 4.74 Å². The van der Waals surface area contributed by atoms with Gasteiger partial charge in [-0.2, -0.15) is 0 Å². The molecule has 0 unspecified atom stereocenters. The monoisotopic (exact) mass is 284 g/mol. The van der Waals surface area contributed by atoms with Crippen LogP contribution >= 0.6 is 0 Å². The van der Waals surface area contributed by atoms with E-state index in [1.807, 2.05) is 44.4 Å². The van der Waals surface area contributed by atoms with Crippen molar-refractivity contribution in [2.45, 2.75) is 19.9 Å². The number of benzene rings is 2. The Morgan fingerprint density at radius 1 is 1.00 bits per heavy atom. The lowest BCUT2D eigenvalue weighted by molar-refractivity contribution is 0.481. The molecule has 0 bridgehead atoms. The number of nitrogens with one attached hydrogen (secondary N) is 1. The molecule has 0 aromatic heterocycles. The average molecular weight is 284 g/mol. The summed E-state index contributed by atoms with van der Waals surface area (Å²) < 4.78 is 5.96. The van der Waals surface area contributed by atoms with Crippen molar-refractivity contribution in [1.82, 2.24) is 5.32 Å². The first-order valence-electron chi connectivity index (χ1n) is 7.44. The van der Waals surface area contributed by atoms with Crippen LogP contribution in [0.25, 0.3) is 0 Å². The molecule has 2 rings (SSSR count). The van der Waals surface area contributed by atoms with E-state index in [-0.39, 0.29) is 0 Å². The Morgan fingerprint density at radius 3 is 2.43 bits per heavy atom. The SMILES string of the molecule is CCCNCc1cccc(Oc2cccc(N(C)C)c2)c1. The lowest BCUT2D eigenvalue weighted by Crippen LogP contribution is -2.13. The van der Waals surface area contributed by atoms with Crippen LogP contribution in [0.1, 0.15) is 18.9 Å². The molecule has 2 aromatic rings. The Bertz CT molecular complexity index is 567. The van der Waals surface area contributed by atoms with Gasteiger partial charge in [0, 0.05) is 32.4 Å². The van der Waals surface area contributed by atoms with Crippen LogP contribution in [0, 0.1) is 0 Å². The van der Waals surface area contributed by atoms with Crippen LogP contribution in [-0.4, -0.2) is 20.6 Å². The van der Waals surface area contributed by atoms with Gasteiger partial charge in [0.25, 0.3) is 0 Å². The van der Waals surface area contributed by atoms with Gasteiger partial charge in [0.15, 0.2) is 0 Å². The van der Waals surface area contributed by atoms with Crippen molar-refractivity contribution in [3.8, 4) is 11.5 Å². The Balaban J connectivity index is 2.05. The van der Waals surface area contributed by atoms with Crippen LogP contribution in [0.3, 0.4) is 0 Å². The largest absolute Gasteiger partial charge is 0.457 e. The van der Waals surface area contributed by atoms with Gasteiger partial charge in [-0.1, -0.05) is 25.1 Å². The topological polar surface area (TPSA) is 24.5 Å². The molecule has 3 heteroatoms. The Hall–Kier alpha value is -2.00. The Morgan fingerprint density at radius 2 is 1.71 bits per heavy atom. The van der Waals surface area contributed by atoms with Crippen molar-refractivity contribution in [2.75, 3.05) is 25.5 Å². The van der Waals surface area contributed by atoms with Crippen LogP contribution in [-0.2, 0) is 6.54 Å². The molecule has 0 amide bonds. The third kappa shape index (κ3) is 4.80. The lowest BCUT2D eigenvalue weighted by atomic mass is 10.2. The fourth-order valence-corrected chi connectivity index (χ4v) is 2.09. The normalized spacial score (nSPS) is 10.4. The van der Waals surface area contributed by atoms with Gasteiger partial charge in [-0.05, 0) is 42.8 Å².